The van der Waals surface area contributed by atoms with Crippen molar-refractivity contribution in [2.45, 2.75) is 38.8 Å². The van der Waals surface area contributed by atoms with Crippen molar-refractivity contribution in [2.75, 3.05) is 24.5 Å². The molecule has 0 aliphatic carbocycles. The molecule has 1 N–H and O–H groups in total. The van der Waals surface area contributed by atoms with Crippen molar-refractivity contribution in [3.8, 4) is 0 Å². The van der Waals surface area contributed by atoms with Crippen LogP contribution in [0, 0.1) is 0 Å². The van der Waals surface area contributed by atoms with E-state index in [1.807, 2.05) is 0 Å². The van der Waals surface area contributed by atoms with Crippen molar-refractivity contribution in [3.63, 3.8) is 0 Å². The van der Waals surface area contributed by atoms with Gasteiger partial charge in [0.05, 0.1) is 0 Å². The number of aromatic nitrogens is 1. The first-order valence-electron chi connectivity index (χ1n) is 7.23. The largest absolute Gasteiger partial charge is 0.476 e. The number of thiazole rings is 1. The number of piperazine rings is 1. The highest BCUT2D eigenvalue weighted by molar-refractivity contribution is 7.17. The lowest BCUT2D eigenvalue weighted by atomic mass is 10.1. The number of fused-ring (bicyclic) bond motifs is 1. The number of Topliss-reactive ketones (excluding diaryl/α,β-unsaturated/α-hetero) is 1. The number of aromatic carboxylic acids is 1. The molecule has 2 atom stereocenters. The third-order valence-corrected chi connectivity index (χ3v) is 5.51. The maximum Gasteiger partial charge on any atom is 0.356 e. The minimum Gasteiger partial charge on any atom is -0.476 e. The monoisotopic (exact) mass is 309 g/mol. The SMILES string of the molecule is CC(=O)c1sc(N2CC3CCCN3CC2C)nc1C(=O)O. The third kappa shape index (κ3) is 2.55. The number of carbonyl (C=O) groups excluding carboxylic acids is 1. The van der Waals surface area contributed by atoms with Gasteiger partial charge in [-0.15, -0.1) is 0 Å². The summed E-state index contributed by atoms with van der Waals surface area (Å²) in [5.74, 6) is -1.36. The fraction of sp³-hybridized carbons (Fsp3) is 0.643. The number of hydrogen-bond acceptors (Lipinski definition) is 6. The van der Waals surface area contributed by atoms with Gasteiger partial charge in [0.2, 0.25) is 0 Å². The second-order valence-corrected chi connectivity index (χ2v) is 6.81. The fourth-order valence-corrected chi connectivity index (χ4v) is 4.33. The Kier molecular flexibility index (Phi) is 3.71. The Bertz CT molecular complexity index is 555. The van der Waals surface area contributed by atoms with Crippen molar-refractivity contribution < 1.29 is 14.7 Å². The van der Waals surface area contributed by atoms with E-state index >= 15 is 0 Å². The molecule has 2 aliphatic heterocycles. The minimum absolute atomic E-state index is 0.108. The van der Waals surface area contributed by atoms with Gasteiger partial charge in [0, 0.05) is 32.1 Å². The number of ketones is 1. The molecule has 0 saturated carbocycles. The summed E-state index contributed by atoms with van der Waals surface area (Å²) in [5, 5.41) is 9.87. The lowest BCUT2D eigenvalue weighted by Gasteiger charge is -2.42. The molecular weight excluding hydrogens is 290 g/mol. The molecule has 114 valence electrons. The molecule has 2 saturated heterocycles. The second-order valence-electron chi connectivity index (χ2n) is 5.83. The number of nitrogens with zero attached hydrogens (tertiary/aromatic N) is 3. The van der Waals surface area contributed by atoms with E-state index in [0.29, 0.717) is 11.2 Å². The van der Waals surface area contributed by atoms with Gasteiger partial charge in [-0.25, -0.2) is 9.78 Å². The van der Waals surface area contributed by atoms with Crippen LogP contribution in [0.15, 0.2) is 0 Å². The van der Waals surface area contributed by atoms with Gasteiger partial charge in [-0.1, -0.05) is 11.3 Å². The highest BCUT2D eigenvalue weighted by Crippen LogP contribution is 2.33. The van der Waals surface area contributed by atoms with Crippen LogP contribution in [0.1, 0.15) is 46.8 Å². The van der Waals surface area contributed by atoms with E-state index in [4.69, 9.17) is 0 Å². The second kappa shape index (κ2) is 5.38. The molecule has 0 radical (unpaired) electrons. The summed E-state index contributed by atoms with van der Waals surface area (Å²) in [7, 11) is 0. The van der Waals surface area contributed by atoms with Crippen LogP contribution in [0.5, 0.6) is 0 Å². The van der Waals surface area contributed by atoms with E-state index in [9.17, 15) is 14.7 Å². The number of carboxylic acids is 1. The van der Waals surface area contributed by atoms with Gasteiger partial charge in [-0.2, -0.15) is 0 Å². The molecule has 1 aromatic heterocycles. The summed E-state index contributed by atoms with van der Waals surface area (Å²) in [6.45, 7) is 6.51. The van der Waals surface area contributed by atoms with E-state index in [1.165, 1.54) is 31.1 Å². The third-order valence-electron chi connectivity index (χ3n) is 4.32. The Hall–Kier alpha value is -1.47. The standard InChI is InChI=1S/C14H19N3O3S/c1-8-6-16-5-3-4-10(16)7-17(8)14-15-11(13(19)20)12(21-14)9(2)18/h8,10H,3-7H2,1-2H3,(H,19,20). The molecule has 2 fully saturated rings. The smallest absolute Gasteiger partial charge is 0.356 e. The zero-order chi connectivity index (χ0) is 15.1. The predicted molar refractivity (Wildman–Crippen MR) is 80.5 cm³/mol. The summed E-state index contributed by atoms with van der Waals surface area (Å²) in [6, 6.07) is 0.811. The molecule has 2 aliphatic rings. The number of anilines is 1. The maximum atomic E-state index is 11.6. The van der Waals surface area contributed by atoms with Gasteiger partial charge in [-0.3, -0.25) is 9.69 Å². The van der Waals surface area contributed by atoms with Crippen LogP contribution in [0.4, 0.5) is 5.13 Å². The van der Waals surface area contributed by atoms with E-state index in [2.05, 4.69) is 21.7 Å². The lowest BCUT2D eigenvalue weighted by molar-refractivity contribution is 0.0687. The number of carboxylic acid groups (broad SMARTS) is 1. The molecular formula is C14H19N3O3S. The first kappa shape index (κ1) is 14.5. The highest BCUT2D eigenvalue weighted by atomic mass is 32.1. The molecule has 0 spiro atoms. The Balaban J connectivity index is 1.91. The predicted octanol–water partition coefficient (Wildman–Crippen LogP) is 1.72. The molecule has 3 rings (SSSR count). The Labute approximate surface area is 127 Å². The molecule has 7 heteroatoms. The molecule has 0 bridgehead atoms. The normalized spacial score (nSPS) is 25.9. The zero-order valence-corrected chi connectivity index (χ0v) is 13.0. The summed E-state index contributed by atoms with van der Waals surface area (Å²) in [6.07, 6.45) is 2.40. The van der Waals surface area contributed by atoms with Crippen molar-refractivity contribution in [1.29, 1.82) is 0 Å². The molecule has 3 heterocycles. The average Bonchev–Trinajstić information content (AvgIpc) is 3.02. The Morgan fingerprint density at radius 2 is 2.14 bits per heavy atom. The van der Waals surface area contributed by atoms with Gasteiger partial charge >= 0.3 is 5.97 Å². The topological polar surface area (TPSA) is 73.7 Å². The molecule has 1 aromatic rings. The van der Waals surface area contributed by atoms with Crippen LogP contribution in [0.3, 0.4) is 0 Å². The summed E-state index contributed by atoms with van der Waals surface area (Å²) >= 11 is 1.21. The van der Waals surface area contributed by atoms with Gasteiger partial charge in [-0.05, 0) is 26.3 Å². The number of carbonyl (C=O) groups is 2. The van der Waals surface area contributed by atoms with Crippen LogP contribution >= 0.6 is 11.3 Å². The molecule has 0 amide bonds. The van der Waals surface area contributed by atoms with Gasteiger partial charge in [0.25, 0.3) is 0 Å². The summed E-state index contributed by atoms with van der Waals surface area (Å²) in [4.78, 5) is 32.0. The molecule has 2 unspecified atom stereocenters. The van der Waals surface area contributed by atoms with Crippen LogP contribution in [-0.2, 0) is 0 Å². The maximum absolute atomic E-state index is 11.6. The zero-order valence-electron chi connectivity index (χ0n) is 12.2. The Morgan fingerprint density at radius 3 is 2.76 bits per heavy atom. The van der Waals surface area contributed by atoms with Crippen molar-refractivity contribution >= 4 is 28.2 Å². The molecule has 21 heavy (non-hydrogen) atoms. The van der Waals surface area contributed by atoms with Crippen LogP contribution in [0.25, 0.3) is 0 Å². The fourth-order valence-electron chi connectivity index (χ4n) is 3.27. The molecule has 0 aromatic carbocycles. The lowest BCUT2D eigenvalue weighted by Crippen LogP contribution is -2.55. The molecule has 6 nitrogen and oxygen atoms in total. The van der Waals surface area contributed by atoms with E-state index in [-0.39, 0.29) is 22.4 Å². The minimum atomic E-state index is -1.13. The Morgan fingerprint density at radius 1 is 1.38 bits per heavy atom. The first-order valence-corrected chi connectivity index (χ1v) is 8.04. The van der Waals surface area contributed by atoms with E-state index in [1.54, 1.807) is 0 Å². The summed E-state index contributed by atoms with van der Waals surface area (Å²) < 4.78 is 0. The van der Waals surface area contributed by atoms with Crippen LogP contribution < -0.4 is 4.90 Å². The number of hydrogen-bond donors (Lipinski definition) is 1. The average molecular weight is 309 g/mol. The highest BCUT2D eigenvalue weighted by Gasteiger charge is 2.36. The number of rotatable bonds is 3. The van der Waals surface area contributed by atoms with Gasteiger partial charge in [0.15, 0.2) is 16.6 Å². The van der Waals surface area contributed by atoms with E-state index < -0.39 is 5.97 Å². The van der Waals surface area contributed by atoms with Gasteiger partial charge in [0.1, 0.15) is 4.88 Å². The first-order chi connectivity index (χ1) is 9.97. The van der Waals surface area contributed by atoms with Gasteiger partial charge < -0.3 is 10.0 Å². The van der Waals surface area contributed by atoms with Crippen molar-refractivity contribution in [1.82, 2.24) is 9.88 Å². The van der Waals surface area contributed by atoms with Crippen molar-refractivity contribution in [2.24, 2.45) is 0 Å². The van der Waals surface area contributed by atoms with Crippen LogP contribution in [0.2, 0.25) is 0 Å². The summed E-state index contributed by atoms with van der Waals surface area (Å²) in [5.41, 5.74) is -0.108. The van der Waals surface area contributed by atoms with Crippen molar-refractivity contribution in [3.05, 3.63) is 10.6 Å². The quantitative estimate of drug-likeness (QED) is 0.857. The van der Waals surface area contributed by atoms with E-state index in [0.717, 1.165) is 19.6 Å². The van der Waals surface area contributed by atoms with Crippen LogP contribution in [-0.4, -0.2) is 58.5 Å².